The second-order valence-corrected chi connectivity index (χ2v) is 6.86. The summed E-state index contributed by atoms with van der Waals surface area (Å²) < 4.78 is 0. The predicted octanol–water partition coefficient (Wildman–Crippen LogP) is 5.99. The molecule has 2 heteroatoms. The fourth-order valence-corrected chi connectivity index (χ4v) is 3.67. The monoisotopic (exact) mass is 353 g/mol. The maximum absolute atomic E-state index is 10.8. The largest absolute Gasteiger partial charge is 0.508 e. The molecule has 0 unspecified atom stereocenters. The lowest BCUT2D eigenvalue weighted by atomic mass is 9.91. The Morgan fingerprint density at radius 1 is 0.667 bits per heavy atom. The third-order valence-electron chi connectivity index (χ3n) is 5.09. The standard InChI is InChI=1S/C25H23NO/c1-18(19-10-4-2-5-11-19)26-25(21-13-6-3-7-14-21)24-22-15-9-8-12-20(22)16-17-23(24)27/h2-18,25-27H,1H3/t18-,25-/m1/s1. The van der Waals surface area contributed by atoms with Crippen LogP contribution in [0.3, 0.4) is 0 Å². The number of hydrogen-bond acceptors (Lipinski definition) is 2. The van der Waals surface area contributed by atoms with E-state index in [1.54, 1.807) is 6.07 Å². The molecule has 0 fully saturated rings. The van der Waals surface area contributed by atoms with Gasteiger partial charge in [-0.05, 0) is 34.9 Å². The number of rotatable bonds is 5. The van der Waals surface area contributed by atoms with E-state index in [4.69, 9.17) is 0 Å². The van der Waals surface area contributed by atoms with Crippen LogP contribution in [-0.2, 0) is 0 Å². The Morgan fingerprint density at radius 2 is 1.26 bits per heavy atom. The van der Waals surface area contributed by atoms with Gasteiger partial charge in [0.2, 0.25) is 0 Å². The van der Waals surface area contributed by atoms with Crippen molar-refractivity contribution in [3.8, 4) is 5.75 Å². The van der Waals surface area contributed by atoms with Gasteiger partial charge in [-0.25, -0.2) is 0 Å². The molecule has 0 aliphatic heterocycles. The topological polar surface area (TPSA) is 32.3 Å². The van der Waals surface area contributed by atoms with Gasteiger partial charge in [0.05, 0.1) is 6.04 Å². The van der Waals surface area contributed by atoms with Crippen LogP contribution in [0.4, 0.5) is 0 Å². The Morgan fingerprint density at radius 3 is 1.96 bits per heavy atom. The molecule has 0 spiro atoms. The molecule has 134 valence electrons. The summed E-state index contributed by atoms with van der Waals surface area (Å²) in [7, 11) is 0. The zero-order chi connectivity index (χ0) is 18.6. The second kappa shape index (κ2) is 7.65. The zero-order valence-electron chi connectivity index (χ0n) is 15.3. The van der Waals surface area contributed by atoms with Gasteiger partial charge in [0.1, 0.15) is 5.75 Å². The van der Waals surface area contributed by atoms with E-state index in [-0.39, 0.29) is 12.1 Å². The molecule has 0 heterocycles. The number of hydrogen-bond donors (Lipinski definition) is 2. The van der Waals surface area contributed by atoms with Crippen molar-refractivity contribution in [2.24, 2.45) is 0 Å². The lowest BCUT2D eigenvalue weighted by Gasteiger charge is -2.26. The summed E-state index contributed by atoms with van der Waals surface area (Å²) in [5.74, 6) is 0.315. The minimum Gasteiger partial charge on any atom is -0.508 e. The van der Waals surface area contributed by atoms with Gasteiger partial charge in [0.25, 0.3) is 0 Å². The Hall–Kier alpha value is -3.10. The molecule has 0 amide bonds. The van der Waals surface area contributed by atoms with Crippen LogP contribution in [0.2, 0.25) is 0 Å². The number of fused-ring (bicyclic) bond motifs is 1. The van der Waals surface area contributed by atoms with Gasteiger partial charge in [-0.2, -0.15) is 0 Å². The molecule has 0 radical (unpaired) electrons. The summed E-state index contributed by atoms with van der Waals surface area (Å²) in [5, 5.41) is 16.7. The first-order valence-corrected chi connectivity index (χ1v) is 9.30. The van der Waals surface area contributed by atoms with E-state index in [9.17, 15) is 5.11 Å². The lowest BCUT2D eigenvalue weighted by molar-refractivity contribution is 0.449. The molecule has 0 bridgehead atoms. The van der Waals surface area contributed by atoms with Gasteiger partial charge < -0.3 is 5.11 Å². The predicted molar refractivity (Wildman–Crippen MR) is 112 cm³/mol. The van der Waals surface area contributed by atoms with E-state index in [1.165, 1.54) is 5.56 Å². The van der Waals surface area contributed by atoms with Gasteiger partial charge in [0.15, 0.2) is 0 Å². The molecule has 0 aromatic heterocycles. The van der Waals surface area contributed by atoms with Crippen molar-refractivity contribution >= 4 is 10.8 Å². The second-order valence-electron chi connectivity index (χ2n) is 6.86. The molecule has 2 N–H and O–H groups in total. The maximum Gasteiger partial charge on any atom is 0.121 e. The summed E-state index contributed by atoms with van der Waals surface area (Å²) in [4.78, 5) is 0. The molecular weight excluding hydrogens is 330 g/mol. The van der Waals surface area contributed by atoms with E-state index in [2.05, 4.69) is 60.8 Å². The number of phenolic OH excluding ortho intramolecular Hbond substituents is 1. The van der Waals surface area contributed by atoms with Crippen LogP contribution < -0.4 is 5.32 Å². The average Bonchev–Trinajstić information content (AvgIpc) is 2.73. The molecule has 4 aromatic carbocycles. The quantitative estimate of drug-likeness (QED) is 0.462. The highest BCUT2D eigenvalue weighted by atomic mass is 16.3. The highest BCUT2D eigenvalue weighted by molar-refractivity contribution is 5.88. The molecule has 4 aromatic rings. The van der Waals surface area contributed by atoms with Crippen LogP contribution >= 0.6 is 0 Å². The fourth-order valence-electron chi connectivity index (χ4n) is 3.67. The molecule has 2 nitrogen and oxygen atoms in total. The van der Waals surface area contributed by atoms with Crippen LogP contribution in [0.25, 0.3) is 10.8 Å². The van der Waals surface area contributed by atoms with Crippen molar-refractivity contribution in [3.05, 3.63) is 114 Å². The summed E-state index contributed by atoms with van der Waals surface area (Å²) in [6, 6.07) is 32.7. The third-order valence-corrected chi connectivity index (χ3v) is 5.09. The molecule has 0 saturated carbocycles. The Balaban J connectivity index is 1.84. The lowest BCUT2D eigenvalue weighted by Crippen LogP contribution is -2.26. The smallest absolute Gasteiger partial charge is 0.121 e. The Bertz CT molecular complexity index is 1030. The van der Waals surface area contributed by atoms with Crippen LogP contribution in [0.5, 0.6) is 5.75 Å². The van der Waals surface area contributed by atoms with Crippen molar-refractivity contribution < 1.29 is 5.11 Å². The molecule has 0 saturated heterocycles. The van der Waals surface area contributed by atoms with Crippen molar-refractivity contribution in [1.82, 2.24) is 5.32 Å². The summed E-state index contributed by atoms with van der Waals surface area (Å²) >= 11 is 0. The number of benzene rings is 4. The molecule has 0 aliphatic rings. The highest BCUT2D eigenvalue weighted by Crippen LogP contribution is 2.37. The molecule has 2 atom stereocenters. The number of phenols is 1. The van der Waals surface area contributed by atoms with Gasteiger partial charge in [-0.15, -0.1) is 0 Å². The molecule has 0 aliphatic carbocycles. The van der Waals surface area contributed by atoms with Gasteiger partial charge in [0, 0.05) is 11.6 Å². The molecule has 4 rings (SSSR count). The minimum absolute atomic E-state index is 0.118. The van der Waals surface area contributed by atoms with Crippen molar-refractivity contribution in [3.63, 3.8) is 0 Å². The van der Waals surface area contributed by atoms with E-state index in [0.29, 0.717) is 5.75 Å². The number of aromatic hydroxyl groups is 1. The minimum atomic E-state index is -0.118. The normalized spacial score (nSPS) is 13.4. The first kappa shape index (κ1) is 17.3. The highest BCUT2D eigenvalue weighted by Gasteiger charge is 2.22. The molecule has 27 heavy (non-hydrogen) atoms. The Kier molecular flexibility index (Phi) is 4.91. The van der Waals surface area contributed by atoms with Gasteiger partial charge >= 0.3 is 0 Å². The van der Waals surface area contributed by atoms with Crippen LogP contribution in [0, 0.1) is 0 Å². The zero-order valence-corrected chi connectivity index (χ0v) is 15.3. The van der Waals surface area contributed by atoms with Crippen molar-refractivity contribution in [2.75, 3.05) is 0 Å². The summed E-state index contributed by atoms with van der Waals surface area (Å²) in [6.07, 6.45) is 0. The van der Waals surface area contributed by atoms with E-state index < -0.39 is 0 Å². The number of nitrogens with one attached hydrogen (secondary N) is 1. The maximum atomic E-state index is 10.8. The summed E-state index contributed by atoms with van der Waals surface area (Å²) in [5.41, 5.74) is 3.27. The van der Waals surface area contributed by atoms with E-state index >= 15 is 0 Å². The summed E-state index contributed by atoms with van der Waals surface area (Å²) in [6.45, 7) is 2.16. The Labute approximate surface area is 160 Å². The van der Waals surface area contributed by atoms with Gasteiger partial charge in [-0.1, -0.05) is 91.0 Å². The van der Waals surface area contributed by atoms with Crippen molar-refractivity contribution in [2.45, 2.75) is 19.0 Å². The van der Waals surface area contributed by atoms with Crippen LogP contribution in [-0.4, -0.2) is 5.11 Å². The first-order valence-electron chi connectivity index (χ1n) is 9.30. The average molecular weight is 353 g/mol. The first-order chi connectivity index (χ1) is 13.2. The SMILES string of the molecule is C[C@@H](N[C@H](c1ccccc1)c1c(O)ccc2ccccc12)c1ccccc1. The third kappa shape index (κ3) is 3.57. The van der Waals surface area contributed by atoms with E-state index in [1.807, 2.05) is 42.5 Å². The molecular formula is C25H23NO. The van der Waals surface area contributed by atoms with Crippen LogP contribution in [0.1, 0.15) is 35.7 Å². The van der Waals surface area contributed by atoms with Crippen molar-refractivity contribution in [1.29, 1.82) is 0 Å². The van der Waals surface area contributed by atoms with Gasteiger partial charge in [-0.3, -0.25) is 5.32 Å². The van der Waals surface area contributed by atoms with Crippen LogP contribution in [0.15, 0.2) is 97.1 Å². The fraction of sp³-hybridized carbons (Fsp3) is 0.120. The van der Waals surface area contributed by atoms with E-state index in [0.717, 1.165) is 21.9 Å².